The van der Waals surface area contributed by atoms with E-state index in [9.17, 15) is 19.5 Å². The lowest BCUT2D eigenvalue weighted by Crippen LogP contribution is -2.39. The first-order chi connectivity index (χ1) is 15.6. The standard InChI is InChI=1S/C22H20Cl2N4O4S/c1-12-5-4-6-14(9-12)25-19(18-20(30)27(2)22(32)28(3)21(18)31)33-11-17(29)26-16-8-7-13(23)10-15(16)24/h4-10,30H,11H2,1-3H3,(H,26,29). The number of anilines is 1. The number of amides is 1. The van der Waals surface area contributed by atoms with Gasteiger partial charge in [0.1, 0.15) is 10.6 Å². The molecule has 0 aliphatic rings. The summed E-state index contributed by atoms with van der Waals surface area (Å²) >= 11 is 12.9. The number of aryl methyl sites for hydroxylation is 1. The largest absolute Gasteiger partial charge is 0.494 e. The molecule has 0 fully saturated rings. The normalized spacial score (nSPS) is 11.5. The molecule has 0 radical (unpaired) electrons. The Bertz CT molecular complexity index is 1380. The predicted molar refractivity (Wildman–Crippen MR) is 134 cm³/mol. The molecule has 172 valence electrons. The fourth-order valence-corrected chi connectivity index (χ4v) is 4.20. The Labute approximate surface area is 203 Å². The Morgan fingerprint density at radius 1 is 1.12 bits per heavy atom. The third kappa shape index (κ3) is 5.68. The van der Waals surface area contributed by atoms with Crippen molar-refractivity contribution in [2.24, 2.45) is 19.1 Å². The molecular weight excluding hydrogens is 487 g/mol. The average Bonchev–Trinajstić information content (AvgIpc) is 2.76. The van der Waals surface area contributed by atoms with Gasteiger partial charge in [-0.25, -0.2) is 9.79 Å². The van der Waals surface area contributed by atoms with Crippen molar-refractivity contribution in [2.45, 2.75) is 6.92 Å². The molecule has 3 aromatic rings. The summed E-state index contributed by atoms with van der Waals surface area (Å²) in [5.41, 5.74) is 0.252. The lowest BCUT2D eigenvalue weighted by Gasteiger charge is -2.13. The van der Waals surface area contributed by atoms with Gasteiger partial charge < -0.3 is 10.4 Å². The van der Waals surface area contributed by atoms with Crippen molar-refractivity contribution >= 4 is 57.3 Å². The highest BCUT2D eigenvalue weighted by Gasteiger charge is 2.22. The Morgan fingerprint density at radius 3 is 2.52 bits per heavy atom. The topological polar surface area (TPSA) is 106 Å². The number of carbonyl (C=O) groups excluding carboxylic acids is 1. The van der Waals surface area contributed by atoms with E-state index in [1.54, 1.807) is 30.3 Å². The van der Waals surface area contributed by atoms with E-state index in [0.29, 0.717) is 16.4 Å². The molecule has 0 spiro atoms. The highest BCUT2D eigenvalue weighted by Crippen LogP contribution is 2.27. The molecule has 33 heavy (non-hydrogen) atoms. The minimum absolute atomic E-state index is 0.0895. The van der Waals surface area contributed by atoms with Gasteiger partial charge >= 0.3 is 5.69 Å². The van der Waals surface area contributed by atoms with E-state index in [1.165, 1.54) is 20.2 Å². The van der Waals surface area contributed by atoms with E-state index in [1.807, 2.05) is 13.0 Å². The van der Waals surface area contributed by atoms with Crippen LogP contribution in [0.15, 0.2) is 57.0 Å². The number of benzene rings is 2. The minimum Gasteiger partial charge on any atom is -0.494 e. The van der Waals surface area contributed by atoms with Gasteiger partial charge in [0.15, 0.2) is 0 Å². The minimum atomic E-state index is -0.726. The zero-order chi connectivity index (χ0) is 24.3. The van der Waals surface area contributed by atoms with Gasteiger partial charge in [0.2, 0.25) is 11.8 Å². The molecule has 0 saturated carbocycles. The van der Waals surface area contributed by atoms with Gasteiger partial charge in [-0.3, -0.25) is 18.7 Å². The predicted octanol–water partition coefficient (Wildman–Crippen LogP) is 3.86. The monoisotopic (exact) mass is 506 g/mol. The maximum Gasteiger partial charge on any atom is 0.333 e. The fourth-order valence-electron chi connectivity index (χ4n) is 2.91. The summed E-state index contributed by atoms with van der Waals surface area (Å²) in [6, 6.07) is 11.9. The van der Waals surface area contributed by atoms with Crippen molar-refractivity contribution in [1.82, 2.24) is 9.13 Å². The van der Waals surface area contributed by atoms with Crippen LogP contribution in [0, 0.1) is 6.92 Å². The molecule has 0 aliphatic carbocycles. The third-order valence-electron chi connectivity index (χ3n) is 4.63. The maximum absolute atomic E-state index is 12.8. The number of hydrogen-bond acceptors (Lipinski definition) is 6. The van der Waals surface area contributed by atoms with E-state index in [2.05, 4.69) is 10.3 Å². The second-order valence-electron chi connectivity index (χ2n) is 7.12. The number of thioether (sulfide) groups is 1. The van der Waals surface area contributed by atoms with Gasteiger partial charge in [-0.05, 0) is 42.8 Å². The third-order valence-corrected chi connectivity index (χ3v) is 6.15. The summed E-state index contributed by atoms with van der Waals surface area (Å²) < 4.78 is 1.81. The van der Waals surface area contributed by atoms with Crippen LogP contribution in [0.3, 0.4) is 0 Å². The van der Waals surface area contributed by atoms with Crippen LogP contribution in [0.4, 0.5) is 11.4 Å². The van der Waals surface area contributed by atoms with Crippen molar-refractivity contribution < 1.29 is 9.90 Å². The van der Waals surface area contributed by atoms with Crippen molar-refractivity contribution in [1.29, 1.82) is 0 Å². The van der Waals surface area contributed by atoms with E-state index >= 15 is 0 Å². The summed E-state index contributed by atoms with van der Waals surface area (Å²) in [6.45, 7) is 1.89. The van der Waals surface area contributed by atoms with Crippen molar-refractivity contribution in [3.63, 3.8) is 0 Å². The molecule has 1 aromatic heterocycles. The highest BCUT2D eigenvalue weighted by atomic mass is 35.5. The molecule has 8 nitrogen and oxygen atoms in total. The van der Waals surface area contributed by atoms with Crippen LogP contribution in [0.5, 0.6) is 5.88 Å². The van der Waals surface area contributed by atoms with Crippen molar-refractivity contribution in [2.75, 3.05) is 11.1 Å². The molecule has 1 heterocycles. The van der Waals surface area contributed by atoms with E-state index in [0.717, 1.165) is 26.5 Å². The number of nitrogens with zero attached hydrogens (tertiary/aromatic N) is 3. The van der Waals surface area contributed by atoms with Crippen molar-refractivity contribution in [3.05, 3.63) is 84.5 Å². The van der Waals surface area contributed by atoms with Crippen LogP contribution < -0.4 is 16.6 Å². The zero-order valence-electron chi connectivity index (χ0n) is 17.9. The van der Waals surface area contributed by atoms with Crippen molar-refractivity contribution in [3.8, 4) is 5.88 Å². The number of hydrogen-bond donors (Lipinski definition) is 2. The van der Waals surface area contributed by atoms with Crippen LogP contribution >= 0.6 is 35.0 Å². The molecule has 2 N–H and O–H groups in total. The van der Waals surface area contributed by atoms with Crippen LogP contribution in [-0.4, -0.2) is 30.9 Å². The first kappa shape index (κ1) is 24.6. The van der Waals surface area contributed by atoms with Gasteiger partial charge in [-0.2, -0.15) is 0 Å². The van der Waals surface area contributed by atoms with E-state index in [4.69, 9.17) is 23.2 Å². The first-order valence-corrected chi connectivity index (χ1v) is 11.3. The van der Waals surface area contributed by atoms with Crippen LogP contribution in [0.1, 0.15) is 11.1 Å². The number of rotatable bonds is 5. The lowest BCUT2D eigenvalue weighted by molar-refractivity contribution is -0.113. The Hall–Kier alpha value is -3.01. The van der Waals surface area contributed by atoms with Gasteiger partial charge in [0, 0.05) is 19.1 Å². The second kappa shape index (κ2) is 10.3. The van der Waals surface area contributed by atoms with Gasteiger partial charge in [0.25, 0.3) is 5.56 Å². The van der Waals surface area contributed by atoms with E-state index in [-0.39, 0.29) is 21.4 Å². The number of carbonyl (C=O) groups is 1. The number of halogens is 2. The SMILES string of the molecule is Cc1cccc(N=C(SCC(=O)Nc2ccc(Cl)cc2Cl)c2c(O)n(C)c(=O)n(C)c2=O)c1. The molecule has 0 atom stereocenters. The van der Waals surface area contributed by atoms with Gasteiger partial charge in [-0.15, -0.1) is 0 Å². The molecule has 0 aliphatic heterocycles. The molecule has 11 heteroatoms. The second-order valence-corrected chi connectivity index (χ2v) is 8.93. The molecule has 1 amide bonds. The molecule has 0 unspecified atom stereocenters. The number of aromatic hydroxyl groups is 1. The van der Waals surface area contributed by atoms with Crippen LogP contribution in [-0.2, 0) is 18.9 Å². The Kier molecular flexibility index (Phi) is 7.68. The Balaban J connectivity index is 1.98. The molecule has 0 saturated heterocycles. The lowest BCUT2D eigenvalue weighted by atomic mass is 10.2. The van der Waals surface area contributed by atoms with Gasteiger partial charge in [-0.1, -0.05) is 47.1 Å². The molecular formula is C22H20Cl2N4O4S. The van der Waals surface area contributed by atoms with Crippen LogP contribution in [0.2, 0.25) is 10.0 Å². The smallest absolute Gasteiger partial charge is 0.333 e. The number of nitrogens with one attached hydrogen (secondary N) is 1. The fraction of sp³-hybridized carbons (Fsp3) is 0.182. The number of aromatic nitrogens is 2. The maximum atomic E-state index is 12.8. The average molecular weight is 507 g/mol. The van der Waals surface area contributed by atoms with E-state index < -0.39 is 23.0 Å². The van der Waals surface area contributed by atoms with Crippen LogP contribution in [0.25, 0.3) is 0 Å². The Morgan fingerprint density at radius 2 is 1.85 bits per heavy atom. The number of aliphatic imine (C=N–C) groups is 1. The summed E-state index contributed by atoms with van der Waals surface area (Å²) in [5, 5.41) is 14.0. The first-order valence-electron chi connectivity index (χ1n) is 9.61. The molecule has 3 rings (SSSR count). The summed E-state index contributed by atoms with van der Waals surface area (Å²) in [6.07, 6.45) is 0. The summed E-state index contributed by atoms with van der Waals surface area (Å²) in [7, 11) is 2.64. The quantitative estimate of drug-likeness (QED) is 0.403. The zero-order valence-corrected chi connectivity index (χ0v) is 20.3. The molecule has 2 aromatic carbocycles. The highest BCUT2D eigenvalue weighted by molar-refractivity contribution is 8.15. The molecule has 0 bridgehead atoms. The summed E-state index contributed by atoms with van der Waals surface area (Å²) in [4.78, 5) is 42.1. The van der Waals surface area contributed by atoms with Gasteiger partial charge in [0.05, 0.1) is 22.2 Å². The summed E-state index contributed by atoms with van der Waals surface area (Å²) in [5.74, 6) is -1.10.